The summed E-state index contributed by atoms with van der Waals surface area (Å²) in [7, 11) is 0. The van der Waals surface area contributed by atoms with E-state index in [2.05, 4.69) is 15.5 Å². The van der Waals surface area contributed by atoms with Crippen molar-refractivity contribution in [3.8, 4) is 0 Å². The Morgan fingerprint density at radius 2 is 2.40 bits per heavy atom. The van der Waals surface area contributed by atoms with Gasteiger partial charge in [0.1, 0.15) is 10.7 Å². The molecule has 5 nitrogen and oxygen atoms in total. The minimum atomic E-state index is -0.372. The second kappa shape index (κ2) is 6.25. The number of amides is 1. The SMILES string of the molecule is CCc1nc(N)sc1C(=O)NN=Cc1cccc(F)c1. The molecule has 7 heteroatoms. The number of nitrogens with two attached hydrogens (primary N) is 1. The molecule has 2 aromatic rings. The van der Waals surface area contributed by atoms with Gasteiger partial charge in [0.2, 0.25) is 0 Å². The molecule has 1 heterocycles. The molecule has 0 aliphatic carbocycles. The number of nitrogen functional groups attached to an aromatic ring is 1. The first-order valence-corrected chi connectivity index (χ1v) is 6.76. The summed E-state index contributed by atoms with van der Waals surface area (Å²) in [5.41, 5.74) is 9.16. The van der Waals surface area contributed by atoms with Gasteiger partial charge in [0, 0.05) is 0 Å². The first kappa shape index (κ1) is 14.1. The van der Waals surface area contributed by atoms with Crippen molar-refractivity contribution >= 4 is 28.6 Å². The zero-order chi connectivity index (χ0) is 14.5. The molecule has 2 rings (SSSR count). The Bertz CT molecular complexity index is 654. The second-order valence-corrected chi connectivity index (χ2v) is 4.97. The number of aromatic nitrogens is 1. The van der Waals surface area contributed by atoms with Gasteiger partial charge < -0.3 is 5.73 Å². The predicted octanol–water partition coefficient (Wildman–Crippen LogP) is 2.19. The number of carbonyl (C=O) groups excluding carboxylic acids is 1. The molecule has 0 atom stereocenters. The van der Waals surface area contributed by atoms with E-state index in [0.29, 0.717) is 27.7 Å². The van der Waals surface area contributed by atoms with Crippen molar-refractivity contribution < 1.29 is 9.18 Å². The molecule has 1 aromatic heterocycles. The Balaban J connectivity index is 2.05. The van der Waals surface area contributed by atoms with Gasteiger partial charge in [-0.15, -0.1) is 0 Å². The van der Waals surface area contributed by atoms with Crippen molar-refractivity contribution in [3.05, 3.63) is 46.2 Å². The van der Waals surface area contributed by atoms with Crippen molar-refractivity contribution in [1.82, 2.24) is 10.4 Å². The maximum atomic E-state index is 12.9. The third-order valence-corrected chi connectivity index (χ3v) is 3.41. The molecule has 104 valence electrons. The Kier molecular flexibility index (Phi) is 4.41. The Morgan fingerprint density at radius 3 is 3.10 bits per heavy atom. The summed E-state index contributed by atoms with van der Waals surface area (Å²) in [4.78, 5) is 16.4. The zero-order valence-electron chi connectivity index (χ0n) is 10.8. The van der Waals surface area contributed by atoms with Crippen LogP contribution in [0.25, 0.3) is 0 Å². The Labute approximate surface area is 119 Å². The fraction of sp³-hybridized carbons (Fsp3) is 0.154. The van der Waals surface area contributed by atoms with Gasteiger partial charge in [0.05, 0.1) is 11.9 Å². The molecule has 3 N–H and O–H groups in total. The highest BCUT2D eigenvalue weighted by atomic mass is 32.1. The van der Waals surface area contributed by atoms with Gasteiger partial charge in [-0.2, -0.15) is 5.10 Å². The lowest BCUT2D eigenvalue weighted by atomic mass is 10.2. The summed E-state index contributed by atoms with van der Waals surface area (Å²) in [5, 5.41) is 4.14. The van der Waals surface area contributed by atoms with Crippen molar-refractivity contribution in [2.24, 2.45) is 5.10 Å². The minimum absolute atomic E-state index is 0.348. The van der Waals surface area contributed by atoms with E-state index in [0.717, 1.165) is 11.3 Å². The molecule has 1 aromatic carbocycles. The maximum absolute atomic E-state index is 12.9. The molecule has 0 saturated heterocycles. The van der Waals surface area contributed by atoms with Crippen LogP contribution >= 0.6 is 11.3 Å². The van der Waals surface area contributed by atoms with E-state index in [9.17, 15) is 9.18 Å². The third kappa shape index (κ3) is 3.39. The van der Waals surface area contributed by atoms with E-state index >= 15 is 0 Å². The first-order chi connectivity index (χ1) is 9.60. The van der Waals surface area contributed by atoms with Gasteiger partial charge in [0.25, 0.3) is 5.91 Å². The van der Waals surface area contributed by atoms with E-state index in [4.69, 9.17) is 5.73 Å². The highest BCUT2D eigenvalue weighted by molar-refractivity contribution is 7.17. The summed E-state index contributed by atoms with van der Waals surface area (Å²) < 4.78 is 12.9. The molecule has 0 aliphatic heterocycles. The van der Waals surface area contributed by atoms with Crippen LogP contribution in [0, 0.1) is 5.82 Å². The summed E-state index contributed by atoms with van der Waals surface area (Å²) in [6, 6.07) is 5.90. The molecular formula is C13H13FN4OS. The lowest BCUT2D eigenvalue weighted by molar-refractivity contribution is 0.0958. The van der Waals surface area contributed by atoms with Crippen LogP contribution < -0.4 is 11.2 Å². The van der Waals surface area contributed by atoms with Crippen LogP contribution in [0.5, 0.6) is 0 Å². The lowest BCUT2D eigenvalue weighted by Crippen LogP contribution is -2.17. The average Bonchev–Trinajstić information content (AvgIpc) is 2.80. The van der Waals surface area contributed by atoms with Crippen molar-refractivity contribution in [2.45, 2.75) is 13.3 Å². The molecule has 0 bridgehead atoms. The Morgan fingerprint density at radius 1 is 1.60 bits per heavy atom. The first-order valence-electron chi connectivity index (χ1n) is 5.94. The van der Waals surface area contributed by atoms with Gasteiger partial charge >= 0.3 is 0 Å². The highest BCUT2D eigenvalue weighted by Gasteiger charge is 2.15. The van der Waals surface area contributed by atoms with Crippen LogP contribution in [0.1, 0.15) is 27.9 Å². The van der Waals surface area contributed by atoms with Crippen molar-refractivity contribution in [2.75, 3.05) is 5.73 Å². The standard InChI is InChI=1S/C13H13FN4OS/c1-2-10-11(20-13(15)17-10)12(19)18-16-7-8-4-3-5-9(14)6-8/h3-7H,2H2,1H3,(H2,15,17)(H,18,19). The van der Waals surface area contributed by atoms with Crippen LogP contribution in [0.3, 0.4) is 0 Å². The largest absolute Gasteiger partial charge is 0.375 e. The van der Waals surface area contributed by atoms with Gasteiger partial charge in [-0.05, 0) is 24.1 Å². The average molecular weight is 292 g/mol. The molecule has 1 amide bonds. The van der Waals surface area contributed by atoms with Crippen molar-refractivity contribution in [3.63, 3.8) is 0 Å². The van der Waals surface area contributed by atoms with E-state index < -0.39 is 0 Å². The predicted molar refractivity (Wildman–Crippen MR) is 77.4 cm³/mol. The zero-order valence-corrected chi connectivity index (χ0v) is 11.6. The number of carbonyl (C=O) groups is 1. The number of thiazole rings is 1. The highest BCUT2D eigenvalue weighted by Crippen LogP contribution is 2.20. The number of hydrogen-bond donors (Lipinski definition) is 2. The second-order valence-electron chi connectivity index (χ2n) is 3.94. The summed E-state index contributed by atoms with van der Waals surface area (Å²) in [6.07, 6.45) is 1.99. The van der Waals surface area contributed by atoms with Crippen molar-refractivity contribution in [1.29, 1.82) is 0 Å². The van der Waals surface area contributed by atoms with Crippen LogP contribution in [0.2, 0.25) is 0 Å². The Hall–Kier alpha value is -2.28. The normalized spacial score (nSPS) is 10.9. The number of aryl methyl sites for hydroxylation is 1. The molecule has 0 spiro atoms. The molecular weight excluding hydrogens is 279 g/mol. The van der Waals surface area contributed by atoms with E-state index in [-0.39, 0.29) is 11.7 Å². The third-order valence-electron chi connectivity index (χ3n) is 2.48. The number of hydrogen-bond acceptors (Lipinski definition) is 5. The van der Waals surface area contributed by atoms with Gasteiger partial charge in [-0.3, -0.25) is 4.79 Å². The molecule has 0 saturated carbocycles. The fourth-order valence-electron chi connectivity index (χ4n) is 1.59. The monoisotopic (exact) mass is 292 g/mol. The number of benzene rings is 1. The number of rotatable bonds is 4. The topological polar surface area (TPSA) is 80.4 Å². The molecule has 0 fully saturated rings. The summed E-state index contributed by atoms with van der Waals surface area (Å²) in [5.74, 6) is -0.729. The van der Waals surface area contributed by atoms with Crippen LogP contribution in [-0.4, -0.2) is 17.1 Å². The number of hydrazone groups is 1. The number of nitrogens with zero attached hydrogens (tertiary/aromatic N) is 2. The smallest absolute Gasteiger partial charge is 0.283 e. The van der Waals surface area contributed by atoms with Crippen LogP contribution in [0.4, 0.5) is 9.52 Å². The summed E-state index contributed by atoms with van der Waals surface area (Å²) >= 11 is 1.12. The van der Waals surface area contributed by atoms with Gasteiger partial charge in [0.15, 0.2) is 5.13 Å². The van der Waals surface area contributed by atoms with E-state index in [1.165, 1.54) is 18.3 Å². The lowest BCUT2D eigenvalue weighted by Gasteiger charge is -1.98. The van der Waals surface area contributed by atoms with Gasteiger partial charge in [-0.1, -0.05) is 30.4 Å². The summed E-state index contributed by atoms with van der Waals surface area (Å²) in [6.45, 7) is 1.89. The van der Waals surface area contributed by atoms with E-state index in [1.54, 1.807) is 12.1 Å². The van der Waals surface area contributed by atoms with Crippen LogP contribution in [0.15, 0.2) is 29.4 Å². The van der Waals surface area contributed by atoms with E-state index in [1.807, 2.05) is 6.92 Å². The fourth-order valence-corrected chi connectivity index (χ4v) is 2.40. The quantitative estimate of drug-likeness (QED) is 0.669. The number of nitrogens with one attached hydrogen (secondary N) is 1. The molecule has 0 aliphatic rings. The molecule has 20 heavy (non-hydrogen) atoms. The molecule has 0 radical (unpaired) electrons. The molecule has 0 unspecified atom stereocenters. The number of anilines is 1. The number of halogens is 1. The maximum Gasteiger partial charge on any atom is 0.283 e. The minimum Gasteiger partial charge on any atom is -0.375 e. The van der Waals surface area contributed by atoms with Crippen LogP contribution in [-0.2, 0) is 6.42 Å². The van der Waals surface area contributed by atoms with Gasteiger partial charge in [-0.25, -0.2) is 14.8 Å².